The van der Waals surface area contributed by atoms with Gasteiger partial charge in [0.05, 0.1) is 11.8 Å². The van der Waals surface area contributed by atoms with Crippen molar-refractivity contribution in [2.24, 2.45) is 11.8 Å². The van der Waals surface area contributed by atoms with E-state index < -0.39 is 0 Å². The Labute approximate surface area is 113 Å². The SMILES string of the molecule is Cc1ccccc1NC(=O)C1CC1C(=O)NC(C)C. The van der Waals surface area contributed by atoms with E-state index in [-0.39, 0.29) is 29.7 Å². The van der Waals surface area contributed by atoms with E-state index in [2.05, 4.69) is 10.6 Å². The van der Waals surface area contributed by atoms with Crippen LogP contribution in [-0.2, 0) is 9.59 Å². The molecule has 0 bridgehead atoms. The molecule has 2 rings (SSSR count). The van der Waals surface area contributed by atoms with Crippen LogP contribution in [0.25, 0.3) is 0 Å². The fourth-order valence-electron chi connectivity index (χ4n) is 2.10. The van der Waals surface area contributed by atoms with Crippen LogP contribution in [0, 0.1) is 18.8 Å². The second-order valence-electron chi connectivity index (χ2n) is 5.42. The van der Waals surface area contributed by atoms with Crippen molar-refractivity contribution in [1.29, 1.82) is 0 Å². The summed E-state index contributed by atoms with van der Waals surface area (Å²) in [6, 6.07) is 7.76. The van der Waals surface area contributed by atoms with Gasteiger partial charge in [0.1, 0.15) is 0 Å². The van der Waals surface area contributed by atoms with E-state index in [0.29, 0.717) is 6.42 Å². The Morgan fingerprint density at radius 2 is 1.79 bits per heavy atom. The average molecular weight is 260 g/mol. The molecule has 2 N–H and O–H groups in total. The van der Waals surface area contributed by atoms with Crippen LogP contribution in [-0.4, -0.2) is 17.9 Å². The Morgan fingerprint density at radius 1 is 1.16 bits per heavy atom. The predicted molar refractivity (Wildman–Crippen MR) is 74.7 cm³/mol. The van der Waals surface area contributed by atoms with Gasteiger partial charge >= 0.3 is 0 Å². The van der Waals surface area contributed by atoms with Gasteiger partial charge in [-0.05, 0) is 38.8 Å². The topological polar surface area (TPSA) is 58.2 Å². The van der Waals surface area contributed by atoms with Crippen molar-refractivity contribution in [3.05, 3.63) is 29.8 Å². The summed E-state index contributed by atoms with van der Waals surface area (Å²) in [6.07, 6.45) is 0.649. The fourth-order valence-corrected chi connectivity index (χ4v) is 2.10. The van der Waals surface area contributed by atoms with Crippen LogP contribution < -0.4 is 10.6 Å². The molecule has 0 aromatic heterocycles. The molecular formula is C15H20N2O2. The van der Waals surface area contributed by atoms with E-state index in [1.165, 1.54) is 0 Å². The van der Waals surface area contributed by atoms with Crippen molar-refractivity contribution in [3.63, 3.8) is 0 Å². The molecule has 0 spiro atoms. The van der Waals surface area contributed by atoms with Crippen molar-refractivity contribution in [3.8, 4) is 0 Å². The lowest BCUT2D eigenvalue weighted by Crippen LogP contribution is -2.32. The largest absolute Gasteiger partial charge is 0.354 e. The van der Waals surface area contributed by atoms with Gasteiger partial charge in [-0.25, -0.2) is 0 Å². The minimum absolute atomic E-state index is 0.0140. The fraction of sp³-hybridized carbons (Fsp3) is 0.467. The van der Waals surface area contributed by atoms with Crippen LogP contribution in [0.15, 0.2) is 24.3 Å². The van der Waals surface area contributed by atoms with Gasteiger partial charge in [0.15, 0.2) is 0 Å². The van der Waals surface area contributed by atoms with E-state index in [0.717, 1.165) is 11.3 Å². The van der Waals surface area contributed by atoms with Crippen molar-refractivity contribution in [2.75, 3.05) is 5.32 Å². The Morgan fingerprint density at radius 3 is 2.42 bits per heavy atom. The number of carbonyl (C=O) groups is 2. The molecule has 1 aliphatic rings. The lowest BCUT2D eigenvalue weighted by Gasteiger charge is -2.09. The molecule has 1 aromatic rings. The normalized spacial score (nSPS) is 21.1. The van der Waals surface area contributed by atoms with Crippen molar-refractivity contribution < 1.29 is 9.59 Å². The Bertz CT molecular complexity index is 497. The van der Waals surface area contributed by atoms with Crippen molar-refractivity contribution in [2.45, 2.75) is 33.2 Å². The van der Waals surface area contributed by atoms with Gasteiger partial charge in [-0.2, -0.15) is 0 Å². The number of rotatable bonds is 4. The first-order chi connectivity index (χ1) is 8.99. The molecule has 0 radical (unpaired) electrons. The molecule has 19 heavy (non-hydrogen) atoms. The minimum Gasteiger partial charge on any atom is -0.354 e. The Hall–Kier alpha value is -1.84. The summed E-state index contributed by atoms with van der Waals surface area (Å²) in [5.74, 6) is -0.414. The summed E-state index contributed by atoms with van der Waals surface area (Å²) in [4.78, 5) is 23.8. The average Bonchev–Trinajstić information content (AvgIpc) is 3.11. The molecule has 1 saturated carbocycles. The lowest BCUT2D eigenvalue weighted by atomic mass is 10.2. The highest BCUT2D eigenvalue weighted by Crippen LogP contribution is 2.39. The third kappa shape index (κ3) is 3.34. The number of aryl methyl sites for hydroxylation is 1. The maximum atomic E-state index is 12.0. The van der Waals surface area contributed by atoms with Crippen LogP contribution in [0.2, 0.25) is 0 Å². The number of amides is 2. The van der Waals surface area contributed by atoms with E-state index in [4.69, 9.17) is 0 Å². The summed E-state index contributed by atoms with van der Waals surface area (Å²) >= 11 is 0. The van der Waals surface area contributed by atoms with Gasteiger partial charge in [0.2, 0.25) is 11.8 Å². The lowest BCUT2D eigenvalue weighted by molar-refractivity contribution is -0.125. The summed E-state index contributed by atoms with van der Waals surface area (Å²) in [6.45, 7) is 5.79. The smallest absolute Gasteiger partial charge is 0.228 e. The summed E-state index contributed by atoms with van der Waals surface area (Å²) in [5.41, 5.74) is 1.85. The Balaban J connectivity index is 1.90. The highest BCUT2D eigenvalue weighted by atomic mass is 16.2. The molecule has 0 saturated heterocycles. The third-order valence-electron chi connectivity index (χ3n) is 3.30. The number of hydrogen-bond acceptors (Lipinski definition) is 2. The van der Waals surface area contributed by atoms with Gasteiger partial charge in [-0.3, -0.25) is 9.59 Å². The second-order valence-corrected chi connectivity index (χ2v) is 5.42. The van der Waals surface area contributed by atoms with Crippen LogP contribution >= 0.6 is 0 Å². The zero-order valence-electron chi connectivity index (χ0n) is 11.6. The first-order valence-corrected chi connectivity index (χ1v) is 6.66. The molecule has 1 aromatic carbocycles. The van der Waals surface area contributed by atoms with Crippen LogP contribution in [0.3, 0.4) is 0 Å². The maximum Gasteiger partial charge on any atom is 0.228 e. The van der Waals surface area contributed by atoms with Crippen molar-refractivity contribution >= 4 is 17.5 Å². The molecule has 102 valence electrons. The van der Waals surface area contributed by atoms with Crippen LogP contribution in [0.1, 0.15) is 25.8 Å². The standard InChI is InChI=1S/C15H20N2O2/c1-9(2)16-14(18)11-8-12(11)15(19)17-13-7-5-4-6-10(13)3/h4-7,9,11-12H,8H2,1-3H3,(H,16,18)(H,17,19). The summed E-state index contributed by atoms with van der Waals surface area (Å²) in [7, 11) is 0. The number of benzene rings is 1. The van der Waals surface area contributed by atoms with Gasteiger partial charge in [0, 0.05) is 11.7 Å². The van der Waals surface area contributed by atoms with E-state index >= 15 is 0 Å². The minimum atomic E-state index is -0.182. The van der Waals surface area contributed by atoms with Crippen LogP contribution in [0.4, 0.5) is 5.69 Å². The highest BCUT2D eigenvalue weighted by molar-refractivity contribution is 5.99. The monoisotopic (exact) mass is 260 g/mol. The summed E-state index contributed by atoms with van der Waals surface area (Å²) < 4.78 is 0. The number of carbonyl (C=O) groups excluding carboxylic acids is 2. The van der Waals surface area contributed by atoms with E-state index in [1.54, 1.807) is 0 Å². The maximum absolute atomic E-state index is 12.0. The zero-order chi connectivity index (χ0) is 14.0. The van der Waals surface area contributed by atoms with Gasteiger partial charge in [0.25, 0.3) is 0 Å². The van der Waals surface area contributed by atoms with E-state index in [9.17, 15) is 9.59 Å². The zero-order valence-corrected chi connectivity index (χ0v) is 11.6. The first kappa shape index (κ1) is 13.6. The third-order valence-corrected chi connectivity index (χ3v) is 3.30. The van der Waals surface area contributed by atoms with Gasteiger partial charge in [-0.1, -0.05) is 18.2 Å². The molecule has 2 amide bonds. The number of para-hydroxylation sites is 1. The van der Waals surface area contributed by atoms with Crippen molar-refractivity contribution in [1.82, 2.24) is 5.32 Å². The molecular weight excluding hydrogens is 240 g/mol. The molecule has 4 heteroatoms. The number of nitrogens with one attached hydrogen (secondary N) is 2. The number of hydrogen-bond donors (Lipinski definition) is 2. The molecule has 4 nitrogen and oxygen atoms in total. The first-order valence-electron chi connectivity index (χ1n) is 6.66. The Kier molecular flexibility index (Phi) is 3.88. The second kappa shape index (κ2) is 5.43. The van der Waals surface area contributed by atoms with E-state index in [1.807, 2.05) is 45.0 Å². The van der Waals surface area contributed by atoms with Crippen LogP contribution in [0.5, 0.6) is 0 Å². The van der Waals surface area contributed by atoms with Gasteiger partial charge < -0.3 is 10.6 Å². The molecule has 0 heterocycles. The molecule has 2 unspecified atom stereocenters. The highest BCUT2D eigenvalue weighted by Gasteiger charge is 2.48. The predicted octanol–water partition coefficient (Wildman–Crippen LogP) is 2.09. The molecule has 2 atom stereocenters. The number of anilines is 1. The summed E-state index contributed by atoms with van der Waals surface area (Å²) in [5, 5.41) is 5.74. The quantitative estimate of drug-likeness (QED) is 0.871. The molecule has 1 aliphatic carbocycles. The molecule has 0 aliphatic heterocycles. The van der Waals surface area contributed by atoms with Gasteiger partial charge in [-0.15, -0.1) is 0 Å². The molecule has 1 fully saturated rings.